The Balaban J connectivity index is 1.06. The maximum Gasteiger partial charge on any atom is 0.255 e. The quantitative estimate of drug-likeness (QED) is 0.453. The van der Waals surface area contributed by atoms with Crippen molar-refractivity contribution in [3.63, 3.8) is 0 Å². The zero-order chi connectivity index (χ0) is 21.7. The molecule has 32 heavy (non-hydrogen) atoms. The van der Waals surface area contributed by atoms with Gasteiger partial charge in [0.2, 0.25) is 0 Å². The Labute approximate surface area is 197 Å². The number of carbonyl (C=O) groups is 1. The maximum absolute atomic E-state index is 12.7. The Hall–Kier alpha value is -2.56. The Morgan fingerprint density at radius 3 is 2.81 bits per heavy atom. The molecule has 0 atom stereocenters. The minimum absolute atomic E-state index is 0.137. The summed E-state index contributed by atoms with van der Waals surface area (Å²) in [5, 5.41) is 7.54. The monoisotopic (exact) mass is 510 g/mol. The van der Waals surface area contributed by atoms with E-state index in [0.717, 1.165) is 70.7 Å². The van der Waals surface area contributed by atoms with Gasteiger partial charge in [0, 0.05) is 55.6 Å². The van der Waals surface area contributed by atoms with Crippen LogP contribution in [0.1, 0.15) is 23.2 Å². The number of hydrogen-bond acceptors (Lipinski definition) is 6. The van der Waals surface area contributed by atoms with Crippen molar-refractivity contribution < 1.29 is 4.79 Å². The number of nitrogens with zero attached hydrogens (tertiary/aromatic N) is 6. The third-order valence-electron chi connectivity index (χ3n) is 6.42. The zero-order valence-corrected chi connectivity index (χ0v) is 19.6. The van der Waals surface area contributed by atoms with Crippen molar-refractivity contribution in [1.29, 1.82) is 0 Å². The minimum atomic E-state index is 0.137. The molecule has 6 rings (SSSR count). The summed E-state index contributed by atoms with van der Waals surface area (Å²) in [6.07, 6.45) is 9.41. The van der Waals surface area contributed by atoms with E-state index in [1.165, 1.54) is 6.04 Å². The van der Waals surface area contributed by atoms with Crippen LogP contribution in [0.25, 0.3) is 22.3 Å². The molecule has 163 valence electrons. The van der Waals surface area contributed by atoms with Crippen molar-refractivity contribution in [3.8, 4) is 11.3 Å². The van der Waals surface area contributed by atoms with Crippen molar-refractivity contribution in [2.24, 2.45) is 0 Å². The van der Waals surface area contributed by atoms with Crippen LogP contribution in [0.3, 0.4) is 0 Å². The summed E-state index contributed by atoms with van der Waals surface area (Å²) in [5.41, 5.74) is 3.51. The van der Waals surface area contributed by atoms with Gasteiger partial charge in [-0.2, -0.15) is 5.10 Å². The van der Waals surface area contributed by atoms with Crippen LogP contribution in [0.5, 0.6) is 0 Å². The van der Waals surface area contributed by atoms with Crippen molar-refractivity contribution in [2.75, 3.05) is 26.2 Å². The Kier molecular flexibility index (Phi) is 5.08. The Morgan fingerprint density at radius 2 is 2.03 bits per heavy atom. The Morgan fingerprint density at radius 1 is 1.19 bits per heavy atom. The molecule has 0 unspecified atom stereocenters. The van der Waals surface area contributed by atoms with Crippen LogP contribution in [-0.4, -0.2) is 72.7 Å². The van der Waals surface area contributed by atoms with Crippen LogP contribution in [0.4, 0.5) is 0 Å². The summed E-state index contributed by atoms with van der Waals surface area (Å²) >= 11 is 5.04. The lowest BCUT2D eigenvalue weighted by Crippen LogP contribution is -2.56. The van der Waals surface area contributed by atoms with Crippen molar-refractivity contribution in [2.45, 2.75) is 18.9 Å². The van der Waals surface area contributed by atoms with Crippen molar-refractivity contribution >= 4 is 44.2 Å². The van der Waals surface area contributed by atoms with Crippen LogP contribution in [0, 0.1) is 6.04 Å². The first-order valence-corrected chi connectivity index (χ1v) is 12.3. The van der Waals surface area contributed by atoms with E-state index in [-0.39, 0.29) is 5.91 Å². The molecule has 0 saturated carbocycles. The van der Waals surface area contributed by atoms with Crippen LogP contribution >= 0.6 is 27.3 Å². The lowest BCUT2D eigenvalue weighted by Gasteiger charge is -2.46. The number of nitrogens with one attached hydrogen (secondary N) is 1. The molecule has 0 bridgehead atoms. The number of hydrogen-bond donors (Lipinski definition) is 1. The van der Waals surface area contributed by atoms with E-state index in [2.05, 4.69) is 47.1 Å². The molecule has 1 amide bonds. The summed E-state index contributed by atoms with van der Waals surface area (Å²) in [5.74, 6) is 0.137. The first-order valence-electron chi connectivity index (χ1n) is 10.6. The van der Waals surface area contributed by atoms with E-state index in [9.17, 15) is 4.79 Å². The second-order valence-corrected chi connectivity index (χ2v) is 10.5. The number of piperidine rings is 1. The molecule has 2 aliphatic heterocycles. The predicted octanol–water partition coefficient (Wildman–Crippen LogP) is 3.65. The lowest BCUT2D eigenvalue weighted by atomic mass is 9.97. The number of aromatic nitrogens is 5. The zero-order valence-electron chi connectivity index (χ0n) is 17.2. The van der Waals surface area contributed by atoms with Gasteiger partial charge in [-0.1, -0.05) is 0 Å². The van der Waals surface area contributed by atoms with Crippen molar-refractivity contribution in [3.05, 3.63) is 57.8 Å². The second kappa shape index (κ2) is 8.09. The average molecular weight is 511 g/mol. The van der Waals surface area contributed by atoms with E-state index >= 15 is 0 Å². The first kappa shape index (κ1) is 20.1. The summed E-state index contributed by atoms with van der Waals surface area (Å²) in [6, 6.07) is 5.70. The molecule has 2 aliphatic rings. The molecule has 2 saturated heterocycles. The van der Waals surface area contributed by atoms with Gasteiger partial charge in [0.1, 0.15) is 18.0 Å². The van der Waals surface area contributed by atoms with Gasteiger partial charge >= 0.3 is 0 Å². The predicted molar refractivity (Wildman–Crippen MR) is 126 cm³/mol. The highest BCUT2D eigenvalue weighted by Crippen LogP contribution is 2.31. The maximum atomic E-state index is 12.7. The molecule has 8 nitrogen and oxygen atoms in total. The highest BCUT2D eigenvalue weighted by Gasteiger charge is 2.37. The highest BCUT2D eigenvalue weighted by atomic mass is 79.9. The van der Waals surface area contributed by atoms with Gasteiger partial charge in [-0.15, -0.1) is 11.3 Å². The standard InChI is InChI=1S/C22H21BrN7OS/c23-20-18(4-8-32-20)22(31)28-6-2-15(3-7-28)29-11-16(12-29)30-10-14(9-27-30)19-17-1-5-24-21(17)26-13-25-19/h1,4-5,8-10,13,15H,2-3,6-7,11-12H2,(H,24,25,26). The first-order chi connectivity index (χ1) is 15.7. The molecule has 0 spiro atoms. The third-order valence-corrected chi connectivity index (χ3v) is 8.11. The average Bonchev–Trinajstić information content (AvgIpc) is 3.53. The number of aromatic amines is 1. The number of rotatable bonds is 4. The van der Waals surface area contributed by atoms with E-state index < -0.39 is 0 Å². The number of H-pyrrole nitrogens is 1. The lowest BCUT2D eigenvalue weighted by molar-refractivity contribution is 0.0515. The van der Waals surface area contributed by atoms with Crippen LogP contribution in [0.15, 0.2) is 46.2 Å². The number of likely N-dealkylation sites (tertiary alicyclic amines) is 2. The van der Waals surface area contributed by atoms with Gasteiger partial charge in [0.25, 0.3) is 5.91 Å². The van der Waals surface area contributed by atoms with Gasteiger partial charge < -0.3 is 9.88 Å². The van der Waals surface area contributed by atoms with Gasteiger partial charge in [-0.25, -0.2) is 9.97 Å². The molecule has 1 N–H and O–H groups in total. The largest absolute Gasteiger partial charge is 0.346 e. The Bertz CT molecular complexity index is 1270. The smallest absolute Gasteiger partial charge is 0.255 e. The normalized spacial score (nSPS) is 18.3. The third kappa shape index (κ3) is 3.46. The highest BCUT2D eigenvalue weighted by molar-refractivity contribution is 9.11. The number of thiophene rings is 1. The summed E-state index contributed by atoms with van der Waals surface area (Å²) in [7, 11) is 0. The van der Waals surface area contributed by atoms with E-state index in [1.807, 2.05) is 39.5 Å². The number of carbonyl (C=O) groups excluding carboxylic acids is 1. The minimum Gasteiger partial charge on any atom is -0.346 e. The molecule has 10 heteroatoms. The molecule has 6 heterocycles. The summed E-state index contributed by atoms with van der Waals surface area (Å²) < 4.78 is 2.91. The van der Waals surface area contributed by atoms with Crippen LogP contribution in [-0.2, 0) is 0 Å². The fourth-order valence-electron chi connectivity index (χ4n) is 4.60. The number of fused-ring (bicyclic) bond motifs is 1. The molecule has 0 aromatic carbocycles. The topological polar surface area (TPSA) is 82.9 Å². The van der Waals surface area contributed by atoms with Gasteiger partial charge in [-0.05, 0) is 46.3 Å². The van der Waals surface area contributed by atoms with E-state index in [1.54, 1.807) is 17.7 Å². The second-order valence-electron chi connectivity index (χ2n) is 8.24. The van der Waals surface area contributed by atoms with E-state index in [4.69, 9.17) is 0 Å². The number of amides is 1. The van der Waals surface area contributed by atoms with E-state index in [0.29, 0.717) is 6.04 Å². The van der Waals surface area contributed by atoms with Gasteiger partial charge in [0.15, 0.2) is 0 Å². The molecular formula is C22H21BrN7OS. The van der Waals surface area contributed by atoms with Crippen molar-refractivity contribution in [1.82, 2.24) is 34.5 Å². The molecule has 4 aromatic heterocycles. The molecule has 4 aromatic rings. The fraction of sp³-hybridized carbons (Fsp3) is 0.318. The van der Waals surface area contributed by atoms with Gasteiger partial charge in [0.05, 0.1) is 21.2 Å². The number of halogens is 1. The van der Waals surface area contributed by atoms with Crippen LogP contribution in [0.2, 0.25) is 0 Å². The molecule has 2 fully saturated rings. The summed E-state index contributed by atoms with van der Waals surface area (Å²) in [6.45, 7) is 3.45. The van der Waals surface area contributed by atoms with Gasteiger partial charge in [-0.3, -0.25) is 14.4 Å². The molecule has 1 radical (unpaired) electrons. The molecule has 0 aliphatic carbocycles. The van der Waals surface area contributed by atoms with Crippen LogP contribution < -0.4 is 0 Å². The fourth-order valence-corrected chi connectivity index (χ4v) is 5.83. The SMILES string of the molecule is O=C(c1ccsc1Br)N1CCC(N2C[C](n3cc(-c4ncnc5[nH]ccc45)cn3)C2)CC1. The molecular weight excluding hydrogens is 490 g/mol. The summed E-state index contributed by atoms with van der Waals surface area (Å²) in [4.78, 5) is 29.1.